The summed E-state index contributed by atoms with van der Waals surface area (Å²) >= 11 is 6.54. The van der Waals surface area contributed by atoms with Gasteiger partial charge in [-0.25, -0.2) is 9.78 Å². The number of carbonyl (C=O) groups is 1. The minimum Gasteiger partial charge on any atom is -0.490 e. The number of ether oxygens (including phenoxy) is 2. The van der Waals surface area contributed by atoms with Crippen LogP contribution in [0.2, 0.25) is 5.15 Å². The minimum atomic E-state index is -0.0402. The molecule has 158 valence electrons. The molecule has 0 radical (unpaired) electrons. The van der Waals surface area contributed by atoms with Crippen molar-refractivity contribution in [2.45, 2.75) is 18.9 Å². The Morgan fingerprint density at radius 3 is 2.70 bits per heavy atom. The number of amides is 2. The van der Waals surface area contributed by atoms with Gasteiger partial charge in [-0.15, -0.1) is 0 Å². The lowest BCUT2D eigenvalue weighted by molar-refractivity contribution is 0.110. The van der Waals surface area contributed by atoms with E-state index in [-0.39, 0.29) is 12.1 Å². The Bertz CT molecular complexity index is 997. The number of carbonyl (C=O) groups excluding carboxylic acids is 1. The Morgan fingerprint density at radius 2 is 1.97 bits per heavy atom. The molecule has 1 saturated heterocycles. The number of piperidine rings is 1. The lowest BCUT2D eigenvalue weighted by atomic mass is 10.1. The highest BCUT2D eigenvalue weighted by molar-refractivity contribution is 6.32. The second kappa shape index (κ2) is 9.36. The Labute approximate surface area is 180 Å². The molecule has 0 spiro atoms. The fourth-order valence-electron chi connectivity index (χ4n) is 3.63. The molecule has 30 heavy (non-hydrogen) atoms. The van der Waals surface area contributed by atoms with Gasteiger partial charge in [0.15, 0.2) is 0 Å². The summed E-state index contributed by atoms with van der Waals surface area (Å²) in [5.41, 5.74) is 2.79. The van der Waals surface area contributed by atoms with Crippen molar-refractivity contribution in [3.63, 3.8) is 0 Å². The third-order valence-corrected chi connectivity index (χ3v) is 5.67. The van der Waals surface area contributed by atoms with Gasteiger partial charge < -0.3 is 19.7 Å². The number of likely N-dealkylation sites (tertiary alicyclic amines) is 1. The Balaban J connectivity index is 1.33. The molecule has 0 unspecified atom stereocenters. The molecule has 1 aromatic carbocycles. The first-order valence-electron chi connectivity index (χ1n) is 10.1. The van der Waals surface area contributed by atoms with E-state index >= 15 is 0 Å². The SMILES string of the molecule is COCCNC(=O)N1CCC(Oc2ccc(-c3ccc4nccn4c3Cl)cc2)CC1. The van der Waals surface area contributed by atoms with Crippen molar-refractivity contribution >= 4 is 23.3 Å². The number of aromatic nitrogens is 2. The van der Waals surface area contributed by atoms with Crippen molar-refractivity contribution in [1.82, 2.24) is 19.6 Å². The zero-order chi connectivity index (χ0) is 20.9. The van der Waals surface area contributed by atoms with Gasteiger partial charge in [-0.2, -0.15) is 0 Å². The number of methoxy groups -OCH3 is 1. The molecule has 2 amide bonds. The summed E-state index contributed by atoms with van der Waals surface area (Å²) in [7, 11) is 1.62. The van der Waals surface area contributed by atoms with Gasteiger partial charge >= 0.3 is 6.03 Å². The van der Waals surface area contributed by atoms with E-state index in [1.165, 1.54) is 0 Å². The molecule has 1 aliphatic heterocycles. The van der Waals surface area contributed by atoms with Crippen LogP contribution in [0.1, 0.15) is 12.8 Å². The van der Waals surface area contributed by atoms with Gasteiger partial charge in [-0.05, 0) is 29.8 Å². The van der Waals surface area contributed by atoms with Crippen LogP contribution in [-0.2, 0) is 4.74 Å². The lowest BCUT2D eigenvalue weighted by Gasteiger charge is -2.32. The summed E-state index contributed by atoms with van der Waals surface area (Å²) in [5, 5.41) is 3.49. The maximum Gasteiger partial charge on any atom is 0.317 e. The zero-order valence-electron chi connectivity index (χ0n) is 16.9. The first kappa shape index (κ1) is 20.5. The molecule has 0 saturated carbocycles. The maximum atomic E-state index is 12.1. The van der Waals surface area contributed by atoms with E-state index < -0.39 is 0 Å². The molecule has 0 atom stereocenters. The number of imidazole rings is 1. The van der Waals surface area contributed by atoms with Gasteiger partial charge in [0.05, 0.1) is 6.61 Å². The van der Waals surface area contributed by atoms with E-state index in [0.717, 1.165) is 35.4 Å². The van der Waals surface area contributed by atoms with Gasteiger partial charge in [-0.1, -0.05) is 23.7 Å². The van der Waals surface area contributed by atoms with Crippen LogP contribution >= 0.6 is 11.6 Å². The smallest absolute Gasteiger partial charge is 0.317 e. The predicted molar refractivity (Wildman–Crippen MR) is 116 cm³/mol. The second-order valence-electron chi connectivity index (χ2n) is 7.25. The monoisotopic (exact) mass is 428 g/mol. The number of hydrogen-bond donors (Lipinski definition) is 1. The van der Waals surface area contributed by atoms with Gasteiger partial charge in [0, 0.05) is 57.5 Å². The minimum absolute atomic E-state index is 0.0402. The molecule has 3 heterocycles. The van der Waals surface area contributed by atoms with Gasteiger partial charge in [0.25, 0.3) is 0 Å². The first-order chi connectivity index (χ1) is 14.7. The first-order valence-corrected chi connectivity index (χ1v) is 10.4. The average molecular weight is 429 g/mol. The summed E-state index contributed by atoms with van der Waals surface area (Å²) in [4.78, 5) is 18.2. The maximum absolute atomic E-state index is 12.1. The van der Waals surface area contributed by atoms with Crippen molar-refractivity contribution in [2.75, 3.05) is 33.4 Å². The number of fused-ring (bicyclic) bond motifs is 1. The summed E-state index contributed by atoms with van der Waals surface area (Å²) in [6.45, 7) is 2.41. The van der Waals surface area contributed by atoms with Crippen LogP contribution in [0.25, 0.3) is 16.8 Å². The lowest BCUT2D eigenvalue weighted by Crippen LogP contribution is -2.47. The Kier molecular flexibility index (Phi) is 6.40. The normalized spacial score (nSPS) is 14.8. The van der Waals surface area contributed by atoms with Gasteiger partial charge in [0.2, 0.25) is 0 Å². The van der Waals surface area contributed by atoms with E-state index in [0.29, 0.717) is 31.4 Å². The molecule has 1 aliphatic rings. The zero-order valence-corrected chi connectivity index (χ0v) is 17.6. The van der Waals surface area contributed by atoms with Crippen molar-refractivity contribution in [1.29, 1.82) is 0 Å². The predicted octanol–water partition coefficient (Wildman–Crippen LogP) is 3.85. The van der Waals surface area contributed by atoms with E-state index in [1.807, 2.05) is 51.9 Å². The van der Waals surface area contributed by atoms with E-state index in [4.69, 9.17) is 21.1 Å². The van der Waals surface area contributed by atoms with Crippen LogP contribution in [0.5, 0.6) is 5.75 Å². The number of nitrogens with zero attached hydrogens (tertiary/aromatic N) is 3. The fourth-order valence-corrected chi connectivity index (χ4v) is 3.95. The molecule has 4 rings (SSSR count). The summed E-state index contributed by atoms with van der Waals surface area (Å²) in [5.74, 6) is 0.821. The highest BCUT2D eigenvalue weighted by Gasteiger charge is 2.23. The molecule has 1 N–H and O–H groups in total. The third-order valence-electron chi connectivity index (χ3n) is 5.28. The molecular weight excluding hydrogens is 404 g/mol. The number of nitrogens with one attached hydrogen (secondary N) is 1. The fraction of sp³-hybridized carbons (Fsp3) is 0.364. The van der Waals surface area contributed by atoms with Gasteiger partial charge in [-0.3, -0.25) is 4.40 Å². The van der Waals surface area contributed by atoms with Crippen LogP contribution in [0.15, 0.2) is 48.8 Å². The van der Waals surface area contributed by atoms with E-state index in [9.17, 15) is 4.79 Å². The molecule has 8 heteroatoms. The van der Waals surface area contributed by atoms with E-state index in [2.05, 4.69) is 10.3 Å². The van der Waals surface area contributed by atoms with Crippen molar-refractivity contribution < 1.29 is 14.3 Å². The number of pyridine rings is 1. The van der Waals surface area contributed by atoms with Crippen LogP contribution in [0, 0.1) is 0 Å². The van der Waals surface area contributed by atoms with E-state index in [1.54, 1.807) is 13.3 Å². The summed E-state index contributed by atoms with van der Waals surface area (Å²) in [6, 6.07) is 11.8. The Morgan fingerprint density at radius 1 is 1.20 bits per heavy atom. The number of hydrogen-bond acceptors (Lipinski definition) is 4. The molecule has 3 aromatic rings. The highest BCUT2D eigenvalue weighted by Crippen LogP contribution is 2.30. The summed E-state index contributed by atoms with van der Waals surface area (Å²) in [6.07, 6.45) is 5.30. The molecule has 1 fully saturated rings. The standard InChI is InChI=1S/C22H25ClN4O3/c1-29-15-11-25-22(28)26-12-8-18(9-13-26)30-17-4-2-16(3-5-17)19-6-7-20-24-10-14-27(20)21(19)23/h2-7,10,14,18H,8-9,11-13,15H2,1H3,(H,25,28). The molecule has 0 bridgehead atoms. The highest BCUT2D eigenvalue weighted by atomic mass is 35.5. The third kappa shape index (κ3) is 4.52. The van der Waals surface area contributed by atoms with Gasteiger partial charge in [0.1, 0.15) is 22.7 Å². The van der Waals surface area contributed by atoms with Crippen LogP contribution in [0.3, 0.4) is 0 Å². The molecular formula is C22H25ClN4O3. The van der Waals surface area contributed by atoms with Crippen molar-refractivity contribution in [3.8, 4) is 16.9 Å². The number of urea groups is 1. The molecule has 2 aromatic heterocycles. The van der Waals surface area contributed by atoms with Crippen LogP contribution < -0.4 is 10.1 Å². The van der Waals surface area contributed by atoms with Crippen molar-refractivity contribution in [3.05, 3.63) is 53.9 Å². The molecule has 0 aliphatic carbocycles. The summed E-state index contributed by atoms with van der Waals surface area (Å²) < 4.78 is 13.0. The number of rotatable bonds is 6. The second-order valence-corrected chi connectivity index (χ2v) is 7.60. The quantitative estimate of drug-likeness (QED) is 0.478. The molecule has 7 nitrogen and oxygen atoms in total. The van der Waals surface area contributed by atoms with Crippen LogP contribution in [0.4, 0.5) is 4.79 Å². The largest absolute Gasteiger partial charge is 0.490 e. The number of halogens is 1. The average Bonchev–Trinajstić information content (AvgIpc) is 3.25. The van der Waals surface area contributed by atoms with Crippen molar-refractivity contribution in [2.24, 2.45) is 0 Å². The Hall–Kier alpha value is -2.77. The van der Waals surface area contributed by atoms with Crippen LogP contribution in [-0.4, -0.2) is 59.8 Å². The number of benzene rings is 1. The topological polar surface area (TPSA) is 68.1 Å².